The van der Waals surface area contributed by atoms with Crippen LogP contribution < -0.4 is 5.73 Å². The van der Waals surface area contributed by atoms with Crippen LogP contribution in [0, 0.1) is 18.3 Å². The Balaban J connectivity index is 3.31. The number of hydrogen-bond acceptors (Lipinski definition) is 3. The highest BCUT2D eigenvalue weighted by Gasteiger charge is 2.04. The first kappa shape index (κ1) is 8.57. The molecule has 12 heavy (non-hydrogen) atoms. The van der Waals surface area contributed by atoms with Crippen molar-refractivity contribution in [3.05, 3.63) is 28.8 Å². The van der Waals surface area contributed by atoms with Gasteiger partial charge in [0.05, 0.1) is 5.56 Å². The maximum absolute atomic E-state index is 9.35. The van der Waals surface area contributed by atoms with Crippen LogP contribution >= 0.6 is 0 Å². The van der Waals surface area contributed by atoms with Gasteiger partial charge >= 0.3 is 0 Å². The number of rotatable bonds is 1. The number of benzene rings is 1. The van der Waals surface area contributed by atoms with Gasteiger partial charge in [-0.05, 0) is 24.1 Å². The van der Waals surface area contributed by atoms with Gasteiger partial charge in [0.1, 0.15) is 11.8 Å². The van der Waals surface area contributed by atoms with Crippen molar-refractivity contribution in [2.75, 3.05) is 0 Å². The van der Waals surface area contributed by atoms with E-state index in [-0.39, 0.29) is 11.3 Å². The molecule has 3 N–H and O–H groups in total. The normalized spacial score (nSPS) is 9.42. The Kier molecular flexibility index (Phi) is 2.32. The minimum atomic E-state index is 0.0506. The fourth-order valence-corrected chi connectivity index (χ4v) is 1.06. The van der Waals surface area contributed by atoms with E-state index < -0.39 is 0 Å². The van der Waals surface area contributed by atoms with Gasteiger partial charge in [0, 0.05) is 6.54 Å². The number of nitriles is 1. The highest BCUT2D eigenvalue weighted by Crippen LogP contribution is 2.22. The number of aromatic hydroxyl groups is 1. The van der Waals surface area contributed by atoms with E-state index in [9.17, 15) is 5.11 Å². The smallest absolute Gasteiger partial charge is 0.136 e. The highest BCUT2D eigenvalue weighted by molar-refractivity contribution is 5.49. The van der Waals surface area contributed by atoms with Crippen molar-refractivity contribution in [1.82, 2.24) is 0 Å². The van der Waals surface area contributed by atoms with E-state index in [2.05, 4.69) is 0 Å². The lowest BCUT2D eigenvalue weighted by atomic mass is 10.1. The minimum absolute atomic E-state index is 0.0506. The Morgan fingerprint density at radius 2 is 2.25 bits per heavy atom. The van der Waals surface area contributed by atoms with Crippen molar-refractivity contribution in [2.45, 2.75) is 13.5 Å². The van der Waals surface area contributed by atoms with Crippen LogP contribution in [0.2, 0.25) is 0 Å². The predicted octanol–water partition coefficient (Wildman–Crippen LogP) is 1.03. The van der Waals surface area contributed by atoms with E-state index in [4.69, 9.17) is 11.0 Å². The number of phenols is 1. The molecule has 0 heterocycles. The molecule has 0 bridgehead atoms. The molecule has 0 atom stereocenters. The molecule has 0 amide bonds. The predicted molar refractivity (Wildman–Crippen MR) is 45.5 cm³/mol. The van der Waals surface area contributed by atoms with Gasteiger partial charge in [-0.1, -0.05) is 6.07 Å². The Morgan fingerprint density at radius 3 is 2.75 bits per heavy atom. The highest BCUT2D eigenvalue weighted by atomic mass is 16.3. The molecule has 0 aromatic heterocycles. The topological polar surface area (TPSA) is 70.0 Å². The van der Waals surface area contributed by atoms with Crippen molar-refractivity contribution in [3.63, 3.8) is 0 Å². The third-order valence-electron chi connectivity index (χ3n) is 1.72. The summed E-state index contributed by atoms with van der Waals surface area (Å²) in [6.45, 7) is 2.13. The zero-order chi connectivity index (χ0) is 9.14. The average Bonchev–Trinajstić information content (AvgIpc) is 2.09. The van der Waals surface area contributed by atoms with E-state index in [1.165, 1.54) is 0 Å². The lowest BCUT2D eigenvalue weighted by Gasteiger charge is -2.03. The second-order valence-electron chi connectivity index (χ2n) is 2.62. The van der Waals surface area contributed by atoms with Crippen molar-refractivity contribution in [1.29, 1.82) is 5.26 Å². The summed E-state index contributed by atoms with van der Waals surface area (Å²) in [6, 6.07) is 5.28. The molecular weight excluding hydrogens is 152 g/mol. The molecule has 62 valence electrons. The Hall–Kier alpha value is -1.53. The Morgan fingerprint density at radius 1 is 1.58 bits per heavy atom. The zero-order valence-electron chi connectivity index (χ0n) is 6.83. The summed E-state index contributed by atoms with van der Waals surface area (Å²) in [5, 5.41) is 18.0. The molecule has 0 saturated carbocycles. The molecule has 0 aliphatic heterocycles. The van der Waals surface area contributed by atoms with Crippen LogP contribution in [0.5, 0.6) is 5.75 Å². The van der Waals surface area contributed by atoms with Crippen molar-refractivity contribution >= 4 is 0 Å². The molecule has 0 fully saturated rings. The molecule has 0 saturated heterocycles. The molecule has 0 aliphatic carbocycles. The minimum Gasteiger partial charge on any atom is -0.506 e. The first-order valence-electron chi connectivity index (χ1n) is 3.61. The second-order valence-corrected chi connectivity index (χ2v) is 2.62. The van der Waals surface area contributed by atoms with E-state index in [1.807, 2.05) is 6.07 Å². The molecule has 0 radical (unpaired) electrons. The molecule has 1 aromatic carbocycles. The lowest BCUT2D eigenvalue weighted by Crippen LogP contribution is -1.97. The Labute approximate surface area is 71.1 Å². The SMILES string of the molecule is Cc1cc(CN)cc(C#N)c1O. The summed E-state index contributed by atoms with van der Waals surface area (Å²) in [7, 11) is 0. The third kappa shape index (κ3) is 1.39. The first-order valence-corrected chi connectivity index (χ1v) is 3.61. The Bertz CT molecular complexity index is 339. The molecule has 0 unspecified atom stereocenters. The summed E-state index contributed by atoms with van der Waals surface area (Å²) in [6.07, 6.45) is 0. The number of nitrogens with two attached hydrogens (primary N) is 1. The molecule has 1 rings (SSSR count). The molecular formula is C9H10N2O. The zero-order valence-corrected chi connectivity index (χ0v) is 6.83. The van der Waals surface area contributed by atoms with Gasteiger partial charge in [-0.3, -0.25) is 0 Å². The number of phenolic OH excluding ortho intramolecular Hbond substituents is 1. The van der Waals surface area contributed by atoms with E-state index in [0.717, 1.165) is 5.56 Å². The van der Waals surface area contributed by atoms with Crippen LogP contribution in [0.1, 0.15) is 16.7 Å². The second kappa shape index (κ2) is 3.24. The lowest BCUT2D eigenvalue weighted by molar-refractivity contribution is 0.469. The van der Waals surface area contributed by atoms with Crippen LogP contribution in [0.3, 0.4) is 0 Å². The van der Waals surface area contributed by atoms with Gasteiger partial charge in [-0.15, -0.1) is 0 Å². The van der Waals surface area contributed by atoms with Gasteiger partial charge in [0.15, 0.2) is 0 Å². The summed E-state index contributed by atoms with van der Waals surface area (Å²) in [4.78, 5) is 0. The average molecular weight is 162 g/mol. The van der Waals surface area contributed by atoms with Crippen molar-refractivity contribution in [2.24, 2.45) is 5.73 Å². The van der Waals surface area contributed by atoms with Crippen LogP contribution in [0.4, 0.5) is 0 Å². The van der Waals surface area contributed by atoms with E-state index in [1.54, 1.807) is 19.1 Å². The maximum Gasteiger partial charge on any atom is 0.136 e. The molecule has 3 heteroatoms. The fraction of sp³-hybridized carbons (Fsp3) is 0.222. The standard InChI is InChI=1S/C9H10N2O/c1-6-2-7(4-10)3-8(5-11)9(6)12/h2-3,12H,4,10H2,1H3. The first-order chi connectivity index (χ1) is 5.69. The van der Waals surface area contributed by atoms with Gasteiger partial charge in [-0.25, -0.2) is 0 Å². The molecule has 0 spiro atoms. The van der Waals surface area contributed by atoms with Crippen LogP contribution in [-0.2, 0) is 6.54 Å². The van der Waals surface area contributed by atoms with Crippen LogP contribution in [-0.4, -0.2) is 5.11 Å². The summed E-state index contributed by atoms with van der Waals surface area (Å²) in [5.41, 5.74) is 7.24. The summed E-state index contributed by atoms with van der Waals surface area (Å²) in [5.74, 6) is 0.0506. The van der Waals surface area contributed by atoms with Gasteiger partial charge < -0.3 is 10.8 Å². The van der Waals surface area contributed by atoms with E-state index in [0.29, 0.717) is 12.1 Å². The number of aryl methyl sites for hydroxylation is 1. The van der Waals surface area contributed by atoms with Gasteiger partial charge in [0.25, 0.3) is 0 Å². The fourth-order valence-electron chi connectivity index (χ4n) is 1.06. The van der Waals surface area contributed by atoms with E-state index >= 15 is 0 Å². The molecule has 3 nitrogen and oxygen atoms in total. The molecule has 1 aromatic rings. The molecule has 0 aliphatic rings. The van der Waals surface area contributed by atoms with Crippen molar-refractivity contribution in [3.8, 4) is 11.8 Å². The quantitative estimate of drug-likeness (QED) is 0.648. The largest absolute Gasteiger partial charge is 0.506 e. The van der Waals surface area contributed by atoms with Crippen LogP contribution in [0.25, 0.3) is 0 Å². The number of hydrogen-bond donors (Lipinski definition) is 2. The van der Waals surface area contributed by atoms with Crippen LogP contribution in [0.15, 0.2) is 12.1 Å². The third-order valence-corrected chi connectivity index (χ3v) is 1.72. The monoisotopic (exact) mass is 162 g/mol. The summed E-state index contributed by atoms with van der Waals surface area (Å²) >= 11 is 0. The van der Waals surface area contributed by atoms with Crippen molar-refractivity contribution < 1.29 is 5.11 Å². The number of nitrogens with zero attached hydrogens (tertiary/aromatic N) is 1. The maximum atomic E-state index is 9.35. The summed E-state index contributed by atoms with van der Waals surface area (Å²) < 4.78 is 0. The van der Waals surface area contributed by atoms with Gasteiger partial charge in [0.2, 0.25) is 0 Å². The van der Waals surface area contributed by atoms with Gasteiger partial charge in [-0.2, -0.15) is 5.26 Å².